The van der Waals surface area contributed by atoms with Crippen LogP contribution in [0.15, 0.2) is 34.9 Å². The molecule has 0 spiro atoms. The van der Waals surface area contributed by atoms with Gasteiger partial charge in [0.05, 0.1) is 10.6 Å². The molecule has 0 saturated heterocycles. The number of nitrogens with one attached hydrogen (secondary N) is 1. The fourth-order valence-electron chi connectivity index (χ4n) is 1.53. The molecule has 0 atom stereocenters. The number of halogens is 3. The lowest BCUT2D eigenvalue weighted by atomic mass is 10.2. The van der Waals surface area contributed by atoms with Gasteiger partial charge in [-0.1, -0.05) is 11.6 Å². The van der Waals surface area contributed by atoms with Crippen LogP contribution in [0.25, 0.3) is 0 Å². The van der Waals surface area contributed by atoms with Crippen LogP contribution in [-0.2, 0) is 0 Å². The smallest absolute Gasteiger partial charge is 0.300 e. The number of hydrogen-bond acceptors (Lipinski definition) is 4. The van der Waals surface area contributed by atoms with Crippen LogP contribution in [-0.4, -0.2) is 15.8 Å². The van der Waals surface area contributed by atoms with Crippen molar-refractivity contribution in [1.82, 2.24) is 4.98 Å². The molecule has 1 amide bonds. The summed E-state index contributed by atoms with van der Waals surface area (Å²) in [6.07, 6.45) is 0.887. The summed E-state index contributed by atoms with van der Waals surface area (Å²) in [4.78, 5) is 25.8. The summed E-state index contributed by atoms with van der Waals surface area (Å²) in [5.41, 5.74) is -0.622. The van der Waals surface area contributed by atoms with Crippen LogP contribution in [0.1, 0.15) is 10.4 Å². The number of amides is 1. The molecule has 2 rings (SSSR count). The molecule has 108 valence electrons. The molecule has 1 heterocycles. The lowest BCUT2D eigenvalue weighted by Gasteiger charge is -2.08. The van der Waals surface area contributed by atoms with E-state index in [1.165, 1.54) is 12.1 Å². The number of nitrogens with zero attached hydrogens (tertiary/aromatic N) is 2. The van der Waals surface area contributed by atoms with Crippen molar-refractivity contribution >= 4 is 44.8 Å². The first-order chi connectivity index (χ1) is 9.88. The fourth-order valence-corrected chi connectivity index (χ4v) is 2.04. The third-order valence-electron chi connectivity index (χ3n) is 2.47. The van der Waals surface area contributed by atoms with Crippen molar-refractivity contribution in [3.63, 3.8) is 0 Å². The number of hydrogen-bond donors (Lipinski definition) is 1. The second-order valence-corrected chi connectivity index (χ2v) is 5.10. The minimum absolute atomic E-state index is 0.0657. The van der Waals surface area contributed by atoms with Gasteiger partial charge in [0.15, 0.2) is 0 Å². The van der Waals surface area contributed by atoms with E-state index in [0.717, 1.165) is 18.3 Å². The van der Waals surface area contributed by atoms with Crippen LogP contribution in [0, 0.1) is 15.9 Å². The zero-order valence-electron chi connectivity index (χ0n) is 10.1. The Balaban J connectivity index is 2.39. The molecule has 9 heteroatoms. The largest absolute Gasteiger partial charge is 0.321 e. The van der Waals surface area contributed by atoms with Crippen LogP contribution >= 0.6 is 27.5 Å². The Morgan fingerprint density at radius 1 is 1.43 bits per heavy atom. The predicted molar refractivity (Wildman–Crippen MR) is 78.0 cm³/mol. The van der Waals surface area contributed by atoms with Gasteiger partial charge in [0.2, 0.25) is 0 Å². The van der Waals surface area contributed by atoms with Crippen LogP contribution in [0.4, 0.5) is 15.8 Å². The van der Waals surface area contributed by atoms with Crippen molar-refractivity contribution in [1.29, 1.82) is 0 Å². The molecule has 0 radical (unpaired) electrons. The van der Waals surface area contributed by atoms with Gasteiger partial charge >= 0.3 is 0 Å². The number of benzene rings is 1. The zero-order chi connectivity index (χ0) is 15.6. The quantitative estimate of drug-likeness (QED) is 0.503. The average Bonchev–Trinajstić information content (AvgIpc) is 2.42. The highest BCUT2D eigenvalue weighted by atomic mass is 79.9. The molecule has 0 unspecified atom stereocenters. The van der Waals surface area contributed by atoms with E-state index in [0.29, 0.717) is 4.47 Å². The molecular weight excluding hydrogens is 369 g/mol. The maximum atomic E-state index is 13.2. The van der Waals surface area contributed by atoms with E-state index in [9.17, 15) is 19.3 Å². The van der Waals surface area contributed by atoms with Crippen molar-refractivity contribution < 1.29 is 14.1 Å². The van der Waals surface area contributed by atoms with Crippen LogP contribution < -0.4 is 5.32 Å². The summed E-state index contributed by atoms with van der Waals surface area (Å²) in [7, 11) is 0. The molecule has 2 aromatic rings. The van der Waals surface area contributed by atoms with E-state index in [-0.39, 0.29) is 16.4 Å². The van der Waals surface area contributed by atoms with Crippen molar-refractivity contribution in [3.8, 4) is 0 Å². The Bertz CT molecular complexity index is 742. The molecule has 0 fully saturated rings. The van der Waals surface area contributed by atoms with Crippen molar-refractivity contribution in [2.75, 3.05) is 5.32 Å². The van der Waals surface area contributed by atoms with E-state index in [2.05, 4.69) is 26.2 Å². The molecule has 6 nitrogen and oxygen atoms in total. The van der Waals surface area contributed by atoms with Gasteiger partial charge in [0.1, 0.15) is 22.7 Å². The molecular formula is C12H6BrClFN3O3. The molecule has 0 aliphatic carbocycles. The molecule has 0 saturated carbocycles. The first kappa shape index (κ1) is 15.3. The zero-order valence-corrected chi connectivity index (χ0v) is 12.5. The highest BCUT2D eigenvalue weighted by molar-refractivity contribution is 9.10. The topological polar surface area (TPSA) is 85.1 Å². The standard InChI is InChI=1S/C12H6BrClFN3O3/c13-8-2-1-6(15)3-9(8)17-12(19)7-4-11(14)16-5-10(7)18(20)21/h1-5H,(H,17,19). The number of aromatic nitrogens is 1. The second-order valence-electron chi connectivity index (χ2n) is 3.86. The van der Waals surface area contributed by atoms with Crippen LogP contribution in [0.2, 0.25) is 5.15 Å². The molecule has 1 aromatic carbocycles. The van der Waals surface area contributed by atoms with Gasteiger partial charge in [-0.25, -0.2) is 9.37 Å². The number of nitro groups is 1. The number of rotatable bonds is 3. The van der Waals surface area contributed by atoms with Gasteiger partial charge in [-0.2, -0.15) is 0 Å². The third-order valence-corrected chi connectivity index (χ3v) is 3.37. The first-order valence-corrected chi connectivity index (χ1v) is 6.62. The Hall–Kier alpha value is -2.06. The maximum absolute atomic E-state index is 13.2. The van der Waals surface area contributed by atoms with E-state index in [4.69, 9.17) is 11.6 Å². The number of anilines is 1. The fraction of sp³-hybridized carbons (Fsp3) is 0. The average molecular weight is 375 g/mol. The van der Waals surface area contributed by atoms with Crippen LogP contribution in [0.3, 0.4) is 0 Å². The van der Waals surface area contributed by atoms with E-state index >= 15 is 0 Å². The van der Waals surface area contributed by atoms with E-state index < -0.39 is 22.3 Å². The Morgan fingerprint density at radius 2 is 2.14 bits per heavy atom. The maximum Gasteiger partial charge on any atom is 0.300 e. The molecule has 0 aliphatic rings. The third kappa shape index (κ3) is 3.53. The summed E-state index contributed by atoms with van der Waals surface area (Å²) in [6.45, 7) is 0. The van der Waals surface area contributed by atoms with Gasteiger partial charge in [-0.3, -0.25) is 14.9 Å². The molecule has 21 heavy (non-hydrogen) atoms. The van der Waals surface area contributed by atoms with E-state index in [1.54, 1.807) is 0 Å². The summed E-state index contributed by atoms with van der Waals surface area (Å²) >= 11 is 8.78. The SMILES string of the molecule is O=C(Nc1cc(F)ccc1Br)c1cc(Cl)ncc1[N+](=O)[O-]. The summed E-state index contributed by atoms with van der Waals surface area (Å²) in [6, 6.07) is 4.75. The first-order valence-electron chi connectivity index (χ1n) is 5.45. The summed E-state index contributed by atoms with van der Waals surface area (Å²) in [5.74, 6) is -1.35. The highest BCUT2D eigenvalue weighted by Crippen LogP contribution is 2.26. The van der Waals surface area contributed by atoms with E-state index in [1.807, 2.05) is 0 Å². The molecule has 0 aliphatic heterocycles. The number of carbonyl (C=O) groups excluding carboxylic acids is 1. The van der Waals surface area contributed by atoms with Gasteiger partial charge < -0.3 is 5.32 Å². The van der Waals surface area contributed by atoms with Gasteiger partial charge in [0, 0.05) is 4.47 Å². The second kappa shape index (κ2) is 6.15. The lowest BCUT2D eigenvalue weighted by Crippen LogP contribution is -2.14. The number of carbonyl (C=O) groups is 1. The monoisotopic (exact) mass is 373 g/mol. The normalized spacial score (nSPS) is 10.2. The molecule has 1 N–H and O–H groups in total. The lowest BCUT2D eigenvalue weighted by molar-refractivity contribution is -0.385. The summed E-state index contributed by atoms with van der Waals surface area (Å²) < 4.78 is 13.6. The minimum atomic E-state index is -0.794. The molecule has 0 bridgehead atoms. The van der Waals surface area contributed by atoms with Gasteiger partial charge in [0.25, 0.3) is 11.6 Å². The van der Waals surface area contributed by atoms with Gasteiger partial charge in [-0.15, -0.1) is 0 Å². The van der Waals surface area contributed by atoms with Crippen molar-refractivity contribution in [2.45, 2.75) is 0 Å². The molecule has 1 aromatic heterocycles. The van der Waals surface area contributed by atoms with Crippen molar-refractivity contribution in [2.24, 2.45) is 0 Å². The summed E-state index contributed by atoms with van der Waals surface area (Å²) in [5, 5.41) is 13.2. The van der Waals surface area contributed by atoms with Crippen LogP contribution in [0.5, 0.6) is 0 Å². The van der Waals surface area contributed by atoms with Gasteiger partial charge in [-0.05, 0) is 40.2 Å². The Morgan fingerprint density at radius 3 is 2.81 bits per heavy atom. The minimum Gasteiger partial charge on any atom is -0.321 e. The highest BCUT2D eigenvalue weighted by Gasteiger charge is 2.22. The Kier molecular flexibility index (Phi) is 4.49. The predicted octanol–water partition coefficient (Wildman–Crippen LogP) is 3.80. The van der Waals surface area contributed by atoms with Crippen molar-refractivity contribution in [3.05, 3.63) is 61.6 Å². The Labute approximate surface area is 131 Å². The number of pyridine rings is 1.